The predicted molar refractivity (Wildman–Crippen MR) is 96.3 cm³/mol. The maximum atomic E-state index is 12.3. The second-order valence-electron chi connectivity index (χ2n) is 5.59. The first-order chi connectivity index (χ1) is 11.7. The van der Waals surface area contributed by atoms with Crippen molar-refractivity contribution in [1.82, 2.24) is 5.32 Å². The van der Waals surface area contributed by atoms with Crippen LogP contribution in [0.15, 0.2) is 42.5 Å². The maximum absolute atomic E-state index is 12.3. The number of piperazine rings is 1. The van der Waals surface area contributed by atoms with Gasteiger partial charge in [0, 0.05) is 48.7 Å². The molecule has 1 heterocycles. The average molecular weight is 344 g/mol. The summed E-state index contributed by atoms with van der Waals surface area (Å²) in [6.45, 7) is 3.92. The van der Waals surface area contributed by atoms with E-state index in [0.717, 1.165) is 37.6 Å². The maximum Gasteiger partial charge on any atom is 0.255 e. The first-order valence-electron chi connectivity index (χ1n) is 7.79. The number of nitrogens with zero attached hydrogens (tertiary/aromatic N) is 1. The Morgan fingerprint density at radius 1 is 1.12 bits per heavy atom. The van der Waals surface area contributed by atoms with Gasteiger partial charge in [0.25, 0.3) is 5.91 Å². The van der Waals surface area contributed by atoms with Crippen LogP contribution in [0.4, 0.5) is 11.4 Å². The molecule has 3 rings (SSSR count). The third-order valence-corrected chi connectivity index (χ3v) is 4.32. The quantitative estimate of drug-likeness (QED) is 0.838. The van der Waals surface area contributed by atoms with E-state index in [-0.39, 0.29) is 10.9 Å². The van der Waals surface area contributed by atoms with E-state index in [1.54, 1.807) is 6.07 Å². The van der Waals surface area contributed by atoms with Gasteiger partial charge in [0.05, 0.1) is 5.02 Å². The van der Waals surface area contributed by atoms with Crippen LogP contribution < -0.4 is 15.5 Å². The number of benzene rings is 2. The number of hydrogen-bond donors (Lipinski definition) is 2. The van der Waals surface area contributed by atoms with Crippen LogP contribution in [0.2, 0.25) is 5.02 Å². The molecular formula is C18H18ClN3O2. The van der Waals surface area contributed by atoms with Crippen LogP contribution in [0.1, 0.15) is 20.7 Å². The van der Waals surface area contributed by atoms with Crippen LogP contribution in [-0.4, -0.2) is 38.4 Å². The van der Waals surface area contributed by atoms with E-state index in [1.807, 2.05) is 24.3 Å². The normalized spacial score (nSPS) is 14.3. The lowest BCUT2D eigenvalue weighted by Crippen LogP contribution is -2.43. The number of carbonyl (C=O) groups is 2. The Bertz CT molecular complexity index is 740. The van der Waals surface area contributed by atoms with Gasteiger partial charge >= 0.3 is 0 Å². The van der Waals surface area contributed by atoms with Crippen molar-refractivity contribution in [3.63, 3.8) is 0 Å². The minimum absolute atomic E-state index is 0.260. The van der Waals surface area contributed by atoms with Gasteiger partial charge in [0.15, 0.2) is 6.29 Å². The molecule has 2 N–H and O–H groups in total. The van der Waals surface area contributed by atoms with E-state index >= 15 is 0 Å². The van der Waals surface area contributed by atoms with Crippen LogP contribution in [0.3, 0.4) is 0 Å². The van der Waals surface area contributed by atoms with Crippen LogP contribution in [0, 0.1) is 0 Å². The Labute approximate surface area is 145 Å². The molecule has 0 atom stereocenters. The first kappa shape index (κ1) is 16.5. The Balaban J connectivity index is 1.68. The van der Waals surface area contributed by atoms with Gasteiger partial charge in [-0.3, -0.25) is 9.59 Å². The standard InChI is InChI=1S/C18H18ClN3O2/c19-17-11-13(1-2-14(17)12-23)18(24)21-15-3-5-16(6-4-15)22-9-7-20-8-10-22/h1-6,11-12,20H,7-10H2,(H,21,24). The molecule has 0 saturated carbocycles. The summed E-state index contributed by atoms with van der Waals surface area (Å²) < 4.78 is 0. The second-order valence-corrected chi connectivity index (χ2v) is 6.00. The molecule has 2 aromatic rings. The van der Waals surface area contributed by atoms with E-state index in [9.17, 15) is 9.59 Å². The molecule has 6 heteroatoms. The third-order valence-electron chi connectivity index (χ3n) is 4.00. The van der Waals surface area contributed by atoms with E-state index in [4.69, 9.17) is 11.6 Å². The number of hydrogen-bond acceptors (Lipinski definition) is 4. The number of amides is 1. The van der Waals surface area contributed by atoms with Gasteiger partial charge in [0.2, 0.25) is 0 Å². The van der Waals surface area contributed by atoms with Gasteiger partial charge in [-0.15, -0.1) is 0 Å². The van der Waals surface area contributed by atoms with Crippen molar-refractivity contribution in [1.29, 1.82) is 0 Å². The molecule has 0 spiro atoms. The summed E-state index contributed by atoms with van der Waals surface area (Å²) in [7, 11) is 0. The van der Waals surface area contributed by atoms with Crippen LogP contribution in [0.5, 0.6) is 0 Å². The molecule has 0 aromatic heterocycles. The van der Waals surface area contributed by atoms with Crippen molar-refractivity contribution in [2.45, 2.75) is 0 Å². The summed E-state index contributed by atoms with van der Waals surface area (Å²) in [6, 6.07) is 12.4. The van der Waals surface area contributed by atoms with Gasteiger partial charge in [-0.05, 0) is 42.5 Å². The van der Waals surface area contributed by atoms with Gasteiger partial charge in [-0.25, -0.2) is 0 Å². The van der Waals surface area contributed by atoms with E-state index in [2.05, 4.69) is 15.5 Å². The minimum atomic E-state index is -0.260. The number of rotatable bonds is 4. The molecule has 0 unspecified atom stereocenters. The fourth-order valence-electron chi connectivity index (χ4n) is 2.65. The zero-order chi connectivity index (χ0) is 16.9. The zero-order valence-corrected chi connectivity index (χ0v) is 13.8. The van der Waals surface area contributed by atoms with Crippen molar-refractivity contribution in [3.05, 3.63) is 58.6 Å². The third kappa shape index (κ3) is 3.75. The van der Waals surface area contributed by atoms with Crippen molar-refractivity contribution in [2.75, 3.05) is 36.4 Å². The van der Waals surface area contributed by atoms with Crippen molar-refractivity contribution in [2.24, 2.45) is 0 Å². The van der Waals surface area contributed by atoms with Crippen LogP contribution in [0.25, 0.3) is 0 Å². The Morgan fingerprint density at radius 3 is 2.46 bits per heavy atom. The highest BCUT2D eigenvalue weighted by atomic mass is 35.5. The predicted octanol–water partition coefficient (Wildman–Crippen LogP) is 2.81. The monoisotopic (exact) mass is 343 g/mol. The smallest absolute Gasteiger partial charge is 0.255 e. The largest absolute Gasteiger partial charge is 0.369 e. The number of halogens is 1. The molecule has 1 saturated heterocycles. The molecule has 2 aromatic carbocycles. The summed E-state index contributed by atoms with van der Waals surface area (Å²) in [6.07, 6.45) is 0.666. The fraction of sp³-hybridized carbons (Fsp3) is 0.222. The summed E-state index contributed by atoms with van der Waals surface area (Å²) in [5.74, 6) is -0.260. The number of aldehydes is 1. The van der Waals surface area contributed by atoms with Gasteiger partial charge in [0.1, 0.15) is 0 Å². The number of carbonyl (C=O) groups excluding carboxylic acids is 2. The highest BCUT2D eigenvalue weighted by Crippen LogP contribution is 2.20. The zero-order valence-electron chi connectivity index (χ0n) is 13.1. The Morgan fingerprint density at radius 2 is 1.83 bits per heavy atom. The number of nitrogens with one attached hydrogen (secondary N) is 2. The summed E-state index contributed by atoms with van der Waals surface area (Å²) in [5, 5.41) is 6.43. The molecule has 1 fully saturated rings. The topological polar surface area (TPSA) is 61.4 Å². The second kappa shape index (κ2) is 7.47. The van der Waals surface area contributed by atoms with Crippen LogP contribution >= 0.6 is 11.6 Å². The lowest BCUT2D eigenvalue weighted by Gasteiger charge is -2.29. The molecule has 1 amide bonds. The lowest BCUT2D eigenvalue weighted by molar-refractivity contribution is 0.102. The van der Waals surface area contributed by atoms with E-state index < -0.39 is 0 Å². The van der Waals surface area contributed by atoms with Gasteiger partial charge in [-0.1, -0.05) is 11.6 Å². The summed E-state index contributed by atoms with van der Waals surface area (Å²) in [5.41, 5.74) is 2.65. The molecule has 0 aliphatic carbocycles. The fourth-order valence-corrected chi connectivity index (χ4v) is 2.87. The van der Waals surface area contributed by atoms with E-state index in [0.29, 0.717) is 17.4 Å². The molecule has 0 radical (unpaired) electrons. The molecule has 24 heavy (non-hydrogen) atoms. The molecule has 5 nitrogen and oxygen atoms in total. The molecule has 0 bridgehead atoms. The highest BCUT2D eigenvalue weighted by molar-refractivity contribution is 6.33. The van der Waals surface area contributed by atoms with Crippen molar-refractivity contribution >= 4 is 35.2 Å². The Kier molecular flexibility index (Phi) is 5.13. The van der Waals surface area contributed by atoms with Crippen molar-refractivity contribution in [3.8, 4) is 0 Å². The number of anilines is 2. The molecule has 124 valence electrons. The van der Waals surface area contributed by atoms with E-state index in [1.165, 1.54) is 12.1 Å². The SMILES string of the molecule is O=Cc1ccc(C(=O)Nc2ccc(N3CCNCC3)cc2)cc1Cl. The summed E-state index contributed by atoms with van der Waals surface area (Å²) >= 11 is 5.96. The van der Waals surface area contributed by atoms with Crippen LogP contribution in [-0.2, 0) is 0 Å². The average Bonchev–Trinajstić information content (AvgIpc) is 2.63. The summed E-state index contributed by atoms with van der Waals surface area (Å²) in [4.78, 5) is 25.4. The van der Waals surface area contributed by atoms with Gasteiger partial charge < -0.3 is 15.5 Å². The molecular weight excluding hydrogens is 326 g/mol. The van der Waals surface area contributed by atoms with Gasteiger partial charge in [-0.2, -0.15) is 0 Å². The Hall–Kier alpha value is -2.37. The molecule has 1 aliphatic rings. The lowest BCUT2D eigenvalue weighted by atomic mass is 10.1. The van der Waals surface area contributed by atoms with Crippen molar-refractivity contribution < 1.29 is 9.59 Å². The molecule has 1 aliphatic heterocycles. The minimum Gasteiger partial charge on any atom is -0.369 e. The highest BCUT2D eigenvalue weighted by Gasteiger charge is 2.11. The first-order valence-corrected chi connectivity index (χ1v) is 8.17.